The van der Waals surface area contributed by atoms with E-state index < -0.39 is 0 Å². The van der Waals surface area contributed by atoms with Gasteiger partial charge in [-0.1, -0.05) is 23.7 Å². The van der Waals surface area contributed by atoms with Crippen molar-refractivity contribution in [2.45, 2.75) is 6.54 Å². The molecule has 27 heavy (non-hydrogen) atoms. The number of nitrogens with two attached hydrogens (primary N) is 1. The molecule has 0 spiro atoms. The fraction of sp³-hybridized carbons (Fsp3) is 0.263. The second-order valence-corrected chi connectivity index (χ2v) is 6.36. The summed E-state index contributed by atoms with van der Waals surface area (Å²) >= 11 is 6.27. The Morgan fingerprint density at radius 3 is 2.37 bits per heavy atom. The van der Waals surface area contributed by atoms with Gasteiger partial charge in [-0.2, -0.15) is 0 Å². The van der Waals surface area contributed by atoms with Crippen molar-refractivity contribution in [3.63, 3.8) is 0 Å². The molecule has 3 rings (SSSR count). The van der Waals surface area contributed by atoms with E-state index in [4.69, 9.17) is 22.1 Å². The van der Waals surface area contributed by atoms with E-state index in [0.29, 0.717) is 54.7 Å². The fourth-order valence-corrected chi connectivity index (χ4v) is 2.96. The Hall–Kier alpha value is -2.12. The number of benzene rings is 2. The first-order chi connectivity index (χ1) is 12.6. The number of amides is 2. The van der Waals surface area contributed by atoms with Crippen LogP contribution < -0.4 is 11.1 Å². The number of hydrogen-bond acceptors (Lipinski definition) is 4. The molecule has 0 atom stereocenters. The highest BCUT2D eigenvalue weighted by Crippen LogP contribution is 2.23. The van der Waals surface area contributed by atoms with Crippen LogP contribution in [0.4, 0.5) is 5.69 Å². The molecular weight excluding hydrogens is 389 g/mol. The molecule has 1 saturated heterocycles. The van der Waals surface area contributed by atoms with Crippen molar-refractivity contribution in [3.8, 4) is 0 Å². The second-order valence-electron chi connectivity index (χ2n) is 5.95. The summed E-state index contributed by atoms with van der Waals surface area (Å²) in [6.07, 6.45) is 0. The summed E-state index contributed by atoms with van der Waals surface area (Å²) in [5.41, 5.74) is 7.97. The minimum absolute atomic E-state index is 0. The van der Waals surface area contributed by atoms with E-state index in [9.17, 15) is 9.59 Å². The summed E-state index contributed by atoms with van der Waals surface area (Å²) in [5.74, 6) is -0.384. The molecule has 8 heteroatoms. The average Bonchev–Trinajstić information content (AvgIpc) is 2.68. The molecule has 1 fully saturated rings. The van der Waals surface area contributed by atoms with Gasteiger partial charge in [-0.25, -0.2) is 0 Å². The van der Waals surface area contributed by atoms with Gasteiger partial charge in [0.2, 0.25) is 0 Å². The first-order valence-corrected chi connectivity index (χ1v) is 8.73. The van der Waals surface area contributed by atoms with Gasteiger partial charge in [-0.05, 0) is 35.9 Å². The van der Waals surface area contributed by atoms with E-state index in [1.807, 2.05) is 12.1 Å². The second kappa shape index (κ2) is 9.71. The average molecular weight is 410 g/mol. The summed E-state index contributed by atoms with van der Waals surface area (Å²) in [7, 11) is 0. The zero-order chi connectivity index (χ0) is 18.5. The van der Waals surface area contributed by atoms with E-state index >= 15 is 0 Å². The Kier molecular flexibility index (Phi) is 7.62. The van der Waals surface area contributed by atoms with Crippen LogP contribution in [0.3, 0.4) is 0 Å². The number of ether oxygens (including phenoxy) is 1. The molecular formula is C19H21Cl2N3O3. The molecule has 6 nitrogen and oxygen atoms in total. The monoisotopic (exact) mass is 409 g/mol. The number of anilines is 1. The van der Waals surface area contributed by atoms with E-state index in [-0.39, 0.29) is 24.2 Å². The Morgan fingerprint density at radius 2 is 1.78 bits per heavy atom. The quantitative estimate of drug-likeness (QED) is 0.812. The van der Waals surface area contributed by atoms with Crippen LogP contribution in [0.25, 0.3) is 0 Å². The normalized spacial score (nSPS) is 13.6. The number of rotatable bonds is 4. The zero-order valence-electron chi connectivity index (χ0n) is 14.6. The van der Waals surface area contributed by atoms with Gasteiger partial charge >= 0.3 is 0 Å². The highest BCUT2D eigenvalue weighted by Gasteiger charge is 2.21. The lowest BCUT2D eigenvalue weighted by molar-refractivity contribution is 0.0303. The highest BCUT2D eigenvalue weighted by atomic mass is 35.5. The number of hydrogen-bond donors (Lipinski definition) is 2. The summed E-state index contributed by atoms with van der Waals surface area (Å²) in [4.78, 5) is 26.6. The Morgan fingerprint density at radius 1 is 1.11 bits per heavy atom. The van der Waals surface area contributed by atoms with Gasteiger partial charge in [0.25, 0.3) is 11.8 Å². The number of halogens is 2. The smallest absolute Gasteiger partial charge is 0.255 e. The van der Waals surface area contributed by atoms with Crippen LogP contribution in [-0.4, -0.2) is 43.0 Å². The third-order valence-corrected chi connectivity index (χ3v) is 4.52. The van der Waals surface area contributed by atoms with Crippen LogP contribution in [-0.2, 0) is 11.3 Å². The molecule has 2 amide bonds. The molecule has 0 aromatic heterocycles. The molecule has 1 aliphatic rings. The molecule has 0 aliphatic carbocycles. The van der Waals surface area contributed by atoms with Crippen LogP contribution in [0, 0.1) is 0 Å². The standard InChI is InChI=1S/C19H20ClN3O3.ClH/c20-17-11-15(22-18(24)14-3-1-13(12-21)2-4-14)5-6-16(17)19(25)23-7-9-26-10-8-23;/h1-6,11H,7-10,12,21H2,(H,22,24);1H. The summed E-state index contributed by atoms with van der Waals surface area (Å²) in [5, 5.41) is 3.09. The van der Waals surface area contributed by atoms with Crippen molar-refractivity contribution in [3.05, 3.63) is 64.2 Å². The molecule has 0 unspecified atom stereocenters. The Labute approximate surface area is 169 Å². The number of morpholine rings is 1. The molecule has 0 radical (unpaired) electrons. The largest absolute Gasteiger partial charge is 0.378 e. The van der Waals surface area contributed by atoms with Crippen LogP contribution in [0.15, 0.2) is 42.5 Å². The number of nitrogens with zero attached hydrogens (tertiary/aromatic N) is 1. The van der Waals surface area contributed by atoms with Crippen LogP contribution in [0.2, 0.25) is 5.02 Å². The first kappa shape index (κ1) is 21.2. The zero-order valence-corrected chi connectivity index (χ0v) is 16.2. The van der Waals surface area contributed by atoms with Gasteiger partial charge < -0.3 is 20.7 Å². The topological polar surface area (TPSA) is 84.7 Å². The lowest BCUT2D eigenvalue weighted by atomic mass is 10.1. The predicted octanol–water partition coefficient (Wildman–Crippen LogP) is 2.95. The van der Waals surface area contributed by atoms with Crippen LogP contribution in [0.5, 0.6) is 0 Å². The van der Waals surface area contributed by atoms with Gasteiger partial charge in [0, 0.05) is 30.9 Å². The third kappa shape index (κ3) is 5.20. The molecule has 2 aromatic rings. The Bertz CT molecular complexity index is 806. The number of carbonyl (C=O) groups is 2. The molecule has 1 heterocycles. The van der Waals surface area contributed by atoms with Crippen molar-refractivity contribution in [2.24, 2.45) is 5.73 Å². The number of nitrogens with one attached hydrogen (secondary N) is 1. The molecule has 0 saturated carbocycles. The molecule has 0 bridgehead atoms. The predicted molar refractivity (Wildman–Crippen MR) is 108 cm³/mol. The molecule has 2 aromatic carbocycles. The lowest BCUT2D eigenvalue weighted by Crippen LogP contribution is -2.40. The molecule has 1 aliphatic heterocycles. The van der Waals surface area contributed by atoms with Gasteiger partial charge in [0.1, 0.15) is 0 Å². The minimum atomic E-state index is -0.253. The SMILES string of the molecule is Cl.NCc1ccc(C(=O)Nc2ccc(C(=O)N3CCOCC3)c(Cl)c2)cc1. The van der Waals surface area contributed by atoms with Gasteiger partial charge in [0.15, 0.2) is 0 Å². The maximum Gasteiger partial charge on any atom is 0.255 e. The lowest BCUT2D eigenvalue weighted by Gasteiger charge is -2.27. The minimum Gasteiger partial charge on any atom is -0.378 e. The summed E-state index contributed by atoms with van der Waals surface area (Å²) in [6.45, 7) is 2.58. The maximum absolute atomic E-state index is 12.5. The van der Waals surface area contributed by atoms with Gasteiger partial charge in [-0.15, -0.1) is 12.4 Å². The Balaban J connectivity index is 0.00000261. The highest BCUT2D eigenvalue weighted by molar-refractivity contribution is 6.34. The molecule has 3 N–H and O–H groups in total. The summed E-state index contributed by atoms with van der Waals surface area (Å²) in [6, 6.07) is 11.9. The van der Waals surface area contributed by atoms with E-state index in [0.717, 1.165) is 5.56 Å². The van der Waals surface area contributed by atoms with Crippen molar-refractivity contribution >= 4 is 41.5 Å². The van der Waals surface area contributed by atoms with Crippen molar-refractivity contribution in [1.82, 2.24) is 4.90 Å². The van der Waals surface area contributed by atoms with E-state index in [2.05, 4.69) is 5.32 Å². The van der Waals surface area contributed by atoms with E-state index in [1.165, 1.54) is 0 Å². The van der Waals surface area contributed by atoms with E-state index in [1.54, 1.807) is 35.2 Å². The third-order valence-electron chi connectivity index (χ3n) is 4.21. The fourth-order valence-electron chi connectivity index (χ4n) is 2.70. The van der Waals surface area contributed by atoms with Crippen molar-refractivity contribution < 1.29 is 14.3 Å². The maximum atomic E-state index is 12.5. The van der Waals surface area contributed by atoms with Crippen molar-refractivity contribution in [1.29, 1.82) is 0 Å². The molecule has 144 valence electrons. The van der Waals surface area contributed by atoms with Gasteiger partial charge in [0.05, 0.1) is 23.8 Å². The van der Waals surface area contributed by atoms with Crippen LogP contribution >= 0.6 is 24.0 Å². The number of carbonyl (C=O) groups excluding carboxylic acids is 2. The van der Waals surface area contributed by atoms with Gasteiger partial charge in [-0.3, -0.25) is 9.59 Å². The van der Waals surface area contributed by atoms with Crippen LogP contribution in [0.1, 0.15) is 26.3 Å². The van der Waals surface area contributed by atoms with Crippen molar-refractivity contribution in [2.75, 3.05) is 31.6 Å². The first-order valence-electron chi connectivity index (χ1n) is 8.35. The summed E-state index contributed by atoms with van der Waals surface area (Å²) < 4.78 is 5.25.